The van der Waals surface area contributed by atoms with Crippen molar-refractivity contribution in [3.8, 4) is 17.6 Å². The molecule has 0 aliphatic carbocycles. The predicted molar refractivity (Wildman–Crippen MR) is 116 cm³/mol. The molecule has 3 rings (SSSR count). The number of benzene rings is 2. The Morgan fingerprint density at radius 1 is 1.23 bits per heavy atom. The highest BCUT2D eigenvalue weighted by atomic mass is 16.5. The summed E-state index contributed by atoms with van der Waals surface area (Å²) in [6.45, 7) is 1.78. The van der Waals surface area contributed by atoms with Crippen LogP contribution in [-0.2, 0) is 22.6 Å². The number of carboxylic acids is 1. The number of nitrogens with zero attached hydrogens (tertiary/aromatic N) is 1. The van der Waals surface area contributed by atoms with E-state index in [2.05, 4.69) is 11.8 Å². The van der Waals surface area contributed by atoms with Crippen molar-refractivity contribution in [2.75, 3.05) is 6.61 Å². The van der Waals surface area contributed by atoms with E-state index in [0.717, 1.165) is 29.5 Å². The highest BCUT2D eigenvalue weighted by molar-refractivity contribution is 5.78. The standard InChI is InChI=1S/C25H27NO5/c1-18-10-11-20(15-23(18)31-17-25(29)30)16-26-21(8-5-9-24(26)28)12-13-22(27)14-19-6-3-2-4-7-19/h2-4,6-7,10-11,15,21-22,27H,5,8-9,14,16-17H2,1H3,(H,29,30). The van der Waals surface area contributed by atoms with Gasteiger partial charge in [0.2, 0.25) is 5.91 Å². The number of likely N-dealkylation sites (tertiary alicyclic amines) is 1. The minimum Gasteiger partial charge on any atom is -0.482 e. The summed E-state index contributed by atoms with van der Waals surface area (Å²) < 4.78 is 5.35. The molecule has 2 N–H and O–H groups in total. The van der Waals surface area contributed by atoms with Gasteiger partial charge in [-0.05, 0) is 42.5 Å². The molecule has 1 fully saturated rings. The maximum Gasteiger partial charge on any atom is 0.341 e. The third kappa shape index (κ3) is 6.59. The summed E-state index contributed by atoms with van der Waals surface area (Å²) in [5, 5.41) is 19.2. The summed E-state index contributed by atoms with van der Waals surface area (Å²) in [6, 6.07) is 14.9. The van der Waals surface area contributed by atoms with E-state index in [1.807, 2.05) is 49.4 Å². The first kappa shape index (κ1) is 22.4. The quantitative estimate of drug-likeness (QED) is 0.672. The number of amides is 1. The molecular formula is C25H27NO5. The van der Waals surface area contributed by atoms with Crippen molar-refractivity contribution in [1.29, 1.82) is 0 Å². The molecule has 162 valence electrons. The van der Waals surface area contributed by atoms with E-state index >= 15 is 0 Å². The molecule has 1 saturated heterocycles. The van der Waals surface area contributed by atoms with E-state index in [9.17, 15) is 14.7 Å². The number of hydrogen-bond donors (Lipinski definition) is 2. The first-order valence-corrected chi connectivity index (χ1v) is 10.4. The molecule has 2 atom stereocenters. The zero-order valence-electron chi connectivity index (χ0n) is 17.6. The number of aliphatic hydroxyl groups is 1. The second kappa shape index (κ2) is 10.6. The van der Waals surface area contributed by atoms with Crippen molar-refractivity contribution in [2.45, 2.75) is 51.3 Å². The number of aliphatic carboxylic acids is 1. The Morgan fingerprint density at radius 3 is 2.74 bits per heavy atom. The van der Waals surface area contributed by atoms with Gasteiger partial charge in [0.05, 0.1) is 6.04 Å². The summed E-state index contributed by atoms with van der Waals surface area (Å²) in [7, 11) is 0. The molecule has 6 heteroatoms. The Balaban J connectivity index is 1.71. The molecule has 31 heavy (non-hydrogen) atoms. The van der Waals surface area contributed by atoms with Crippen LogP contribution in [0.1, 0.15) is 36.0 Å². The maximum absolute atomic E-state index is 12.6. The van der Waals surface area contributed by atoms with Gasteiger partial charge in [0, 0.05) is 19.4 Å². The number of carbonyl (C=O) groups excluding carboxylic acids is 1. The summed E-state index contributed by atoms with van der Waals surface area (Å²) in [6.07, 6.45) is 1.64. The third-order valence-electron chi connectivity index (χ3n) is 5.21. The predicted octanol–water partition coefficient (Wildman–Crippen LogP) is 2.95. The number of aryl methyl sites for hydroxylation is 1. The third-order valence-corrected chi connectivity index (χ3v) is 5.21. The van der Waals surface area contributed by atoms with Gasteiger partial charge in [0.1, 0.15) is 11.9 Å². The van der Waals surface area contributed by atoms with Gasteiger partial charge in [-0.25, -0.2) is 4.79 Å². The number of carboxylic acid groups (broad SMARTS) is 1. The number of rotatable bonds is 7. The Labute approximate surface area is 182 Å². The van der Waals surface area contributed by atoms with Crippen LogP contribution < -0.4 is 4.74 Å². The molecule has 0 spiro atoms. The average molecular weight is 421 g/mol. The lowest BCUT2D eigenvalue weighted by molar-refractivity contribution is -0.139. The van der Waals surface area contributed by atoms with Crippen molar-refractivity contribution in [3.63, 3.8) is 0 Å². The van der Waals surface area contributed by atoms with Crippen LogP contribution in [0.4, 0.5) is 0 Å². The Kier molecular flexibility index (Phi) is 7.69. The molecule has 0 aromatic heterocycles. The summed E-state index contributed by atoms with van der Waals surface area (Å²) in [5.41, 5.74) is 2.68. The second-order valence-electron chi connectivity index (χ2n) is 7.71. The van der Waals surface area contributed by atoms with Gasteiger partial charge in [-0.1, -0.05) is 54.3 Å². The zero-order chi connectivity index (χ0) is 22.2. The largest absolute Gasteiger partial charge is 0.482 e. The van der Waals surface area contributed by atoms with Gasteiger partial charge in [-0.3, -0.25) is 4.79 Å². The van der Waals surface area contributed by atoms with Crippen LogP contribution in [0.15, 0.2) is 48.5 Å². The zero-order valence-corrected chi connectivity index (χ0v) is 17.6. The molecule has 2 aromatic carbocycles. The molecular weight excluding hydrogens is 394 g/mol. The van der Waals surface area contributed by atoms with E-state index in [1.54, 1.807) is 11.0 Å². The van der Waals surface area contributed by atoms with E-state index in [4.69, 9.17) is 9.84 Å². The molecule has 2 unspecified atom stereocenters. The number of hydrogen-bond acceptors (Lipinski definition) is 4. The van der Waals surface area contributed by atoms with Crippen LogP contribution in [0.2, 0.25) is 0 Å². The van der Waals surface area contributed by atoms with Gasteiger partial charge in [-0.2, -0.15) is 0 Å². The fraction of sp³-hybridized carbons (Fsp3) is 0.360. The van der Waals surface area contributed by atoms with Gasteiger partial charge in [0.15, 0.2) is 6.61 Å². The van der Waals surface area contributed by atoms with Crippen molar-refractivity contribution >= 4 is 11.9 Å². The maximum atomic E-state index is 12.6. The Morgan fingerprint density at radius 2 is 2.00 bits per heavy atom. The summed E-state index contributed by atoms with van der Waals surface area (Å²) in [4.78, 5) is 25.1. The smallest absolute Gasteiger partial charge is 0.341 e. The van der Waals surface area contributed by atoms with Crippen LogP contribution in [0, 0.1) is 18.8 Å². The van der Waals surface area contributed by atoms with Crippen molar-refractivity contribution in [1.82, 2.24) is 4.90 Å². The minimum atomic E-state index is -1.04. The fourth-order valence-corrected chi connectivity index (χ4v) is 3.58. The van der Waals surface area contributed by atoms with Gasteiger partial charge >= 0.3 is 5.97 Å². The van der Waals surface area contributed by atoms with E-state index in [-0.39, 0.29) is 11.9 Å². The molecule has 1 aliphatic heterocycles. The van der Waals surface area contributed by atoms with E-state index in [0.29, 0.717) is 25.1 Å². The highest BCUT2D eigenvalue weighted by Crippen LogP contribution is 2.24. The minimum absolute atomic E-state index is 0.0247. The SMILES string of the molecule is Cc1ccc(CN2C(=O)CCCC2C#CC(O)Cc2ccccc2)cc1OCC(=O)O. The lowest BCUT2D eigenvalue weighted by atomic mass is 9.99. The van der Waals surface area contributed by atoms with Crippen molar-refractivity contribution < 1.29 is 24.5 Å². The number of piperidine rings is 1. The van der Waals surface area contributed by atoms with Gasteiger partial charge < -0.3 is 19.8 Å². The number of aliphatic hydroxyl groups excluding tert-OH is 1. The van der Waals surface area contributed by atoms with Crippen LogP contribution in [0.3, 0.4) is 0 Å². The molecule has 1 heterocycles. The molecule has 6 nitrogen and oxygen atoms in total. The van der Waals surface area contributed by atoms with Crippen molar-refractivity contribution in [3.05, 3.63) is 65.2 Å². The van der Waals surface area contributed by atoms with E-state index < -0.39 is 18.7 Å². The monoisotopic (exact) mass is 421 g/mol. The van der Waals surface area contributed by atoms with Gasteiger partial charge in [0.25, 0.3) is 0 Å². The topological polar surface area (TPSA) is 87.1 Å². The molecule has 0 bridgehead atoms. The lowest BCUT2D eigenvalue weighted by Crippen LogP contribution is -2.42. The van der Waals surface area contributed by atoms with Crippen LogP contribution >= 0.6 is 0 Å². The number of ether oxygens (including phenoxy) is 1. The molecule has 0 saturated carbocycles. The second-order valence-corrected chi connectivity index (χ2v) is 7.71. The summed E-state index contributed by atoms with van der Waals surface area (Å²) >= 11 is 0. The molecule has 1 aliphatic rings. The Hall–Kier alpha value is -3.30. The van der Waals surface area contributed by atoms with E-state index in [1.165, 1.54) is 0 Å². The normalized spacial score (nSPS) is 16.9. The fourth-order valence-electron chi connectivity index (χ4n) is 3.58. The van der Waals surface area contributed by atoms with Gasteiger partial charge in [-0.15, -0.1) is 0 Å². The molecule has 1 amide bonds. The first-order valence-electron chi connectivity index (χ1n) is 10.4. The highest BCUT2D eigenvalue weighted by Gasteiger charge is 2.27. The first-order chi connectivity index (χ1) is 14.9. The van der Waals surface area contributed by atoms with Crippen molar-refractivity contribution in [2.24, 2.45) is 0 Å². The van der Waals surface area contributed by atoms with Crippen LogP contribution in [0.25, 0.3) is 0 Å². The average Bonchev–Trinajstić information content (AvgIpc) is 2.75. The van der Waals surface area contributed by atoms with Crippen LogP contribution in [-0.4, -0.2) is 45.7 Å². The molecule has 0 radical (unpaired) electrons. The summed E-state index contributed by atoms with van der Waals surface area (Å²) in [5.74, 6) is 5.49. The molecule has 2 aromatic rings. The number of carbonyl (C=O) groups is 2. The lowest BCUT2D eigenvalue weighted by Gasteiger charge is -2.33. The Bertz CT molecular complexity index is 976. The van der Waals surface area contributed by atoms with Crippen LogP contribution in [0.5, 0.6) is 5.75 Å².